The number of primary amides is 1. The van der Waals surface area contributed by atoms with Gasteiger partial charge in [0.05, 0.1) is 35.9 Å². The van der Waals surface area contributed by atoms with Crippen LogP contribution in [0.1, 0.15) is 19.4 Å². The third-order valence-corrected chi connectivity index (χ3v) is 9.06. The maximum absolute atomic E-state index is 14.0. The summed E-state index contributed by atoms with van der Waals surface area (Å²) < 4.78 is 28.2. The highest BCUT2D eigenvalue weighted by Gasteiger charge is 2.32. The summed E-state index contributed by atoms with van der Waals surface area (Å²) in [6, 6.07) is 8.28. The highest BCUT2D eigenvalue weighted by Crippen LogP contribution is 2.43. The molecule has 4 N–H and O–H groups in total. The fraction of sp³-hybridized carbons (Fsp3) is 0.333. The number of hydrogen-bond donors (Lipinski definition) is 3. The molecule has 0 radical (unpaired) electrons. The lowest BCUT2D eigenvalue weighted by atomic mass is 10.1. The number of nitrogens with one attached hydrogen (secondary N) is 1. The van der Waals surface area contributed by atoms with Crippen molar-refractivity contribution >= 4 is 77.5 Å². The molecule has 1 fully saturated rings. The van der Waals surface area contributed by atoms with Crippen LogP contribution < -0.4 is 25.4 Å². The van der Waals surface area contributed by atoms with Crippen molar-refractivity contribution in [2.45, 2.75) is 26.3 Å². The van der Waals surface area contributed by atoms with Crippen LogP contribution in [0.3, 0.4) is 0 Å². The van der Waals surface area contributed by atoms with E-state index < -0.39 is 38.4 Å². The van der Waals surface area contributed by atoms with Crippen LogP contribution in [0, 0.1) is 13.1 Å². The molecule has 0 bridgehead atoms. The number of halogens is 1. The van der Waals surface area contributed by atoms with E-state index in [-0.39, 0.29) is 51.8 Å². The first-order valence-corrected chi connectivity index (χ1v) is 18.7. The van der Waals surface area contributed by atoms with Gasteiger partial charge in [-0.2, -0.15) is 4.98 Å². The van der Waals surface area contributed by atoms with Gasteiger partial charge in [-0.1, -0.05) is 35.4 Å². The van der Waals surface area contributed by atoms with E-state index in [2.05, 4.69) is 30.1 Å². The molecule has 3 heterocycles. The van der Waals surface area contributed by atoms with Crippen LogP contribution in [0.5, 0.6) is 5.75 Å². The molecule has 2 aromatic carbocycles. The van der Waals surface area contributed by atoms with Crippen molar-refractivity contribution in [3.63, 3.8) is 0 Å². The van der Waals surface area contributed by atoms with Gasteiger partial charge in [0.15, 0.2) is 11.5 Å². The fourth-order valence-corrected chi connectivity index (χ4v) is 6.29. The van der Waals surface area contributed by atoms with Gasteiger partial charge < -0.3 is 39.7 Å². The minimum absolute atomic E-state index is 0.0134. The number of benzene rings is 2. The molecular formula is C33H35ClN11O8P. The first-order chi connectivity index (χ1) is 25.7. The second kappa shape index (κ2) is 16.8. The van der Waals surface area contributed by atoms with Crippen molar-refractivity contribution in [2.24, 2.45) is 5.73 Å². The number of amides is 2. The number of ether oxygens (including phenoxy) is 2. The Morgan fingerprint density at radius 2 is 1.83 bits per heavy atom. The Labute approximate surface area is 314 Å². The summed E-state index contributed by atoms with van der Waals surface area (Å²) in [6.07, 6.45) is -0.0780. The van der Waals surface area contributed by atoms with Gasteiger partial charge >= 0.3 is 19.7 Å². The molecule has 1 unspecified atom stereocenters. The Kier molecular flexibility index (Phi) is 12.2. The lowest BCUT2D eigenvalue weighted by molar-refractivity contribution is -0.150. The van der Waals surface area contributed by atoms with Crippen LogP contribution >= 0.6 is 19.2 Å². The number of nitrogens with two attached hydrogens (primary N) is 1. The van der Waals surface area contributed by atoms with Gasteiger partial charge in [-0.15, -0.1) is 4.52 Å². The maximum Gasteiger partial charge on any atom is 0.424 e. The minimum Gasteiger partial charge on any atom is -0.428 e. The smallest absolute Gasteiger partial charge is 0.424 e. The lowest BCUT2D eigenvalue weighted by Crippen LogP contribution is -2.53. The Balaban J connectivity index is 1.46. The fourth-order valence-electron chi connectivity index (χ4n) is 5.46. The van der Waals surface area contributed by atoms with E-state index in [0.29, 0.717) is 44.0 Å². The molecule has 4 aromatic rings. The average Bonchev–Trinajstić information content (AvgIpc) is 3.56. The molecule has 5 rings (SSSR count). The summed E-state index contributed by atoms with van der Waals surface area (Å²) in [6.45, 7) is 21.3. The van der Waals surface area contributed by atoms with Gasteiger partial charge in [-0.25, -0.2) is 24.1 Å². The van der Waals surface area contributed by atoms with E-state index in [1.807, 2.05) is 16.7 Å². The van der Waals surface area contributed by atoms with E-state index >= 15 is 0 Å². The summed E-state index contributed by atoms with van der Waals surface area (Å²) in [7, 11) is -3.77. The molecule has 1 saturated heterocycles. The number of fused-ring (bicyclic) bond motifs is 1. The van der Waals surface area contributed by atoms with Crippen molar-refractivity contribution in [3.8, 4) is 5.75 Å². The topological polar surface area (TPSA) is 216 Å². The van der Waals surface area contributed by atoms with E-state index in [1.165, 1.54) is 41.0 Å². The Bertz CT molecular complexity index is 2190. The number of imidazole rings is 1. The van der Waals surface area contributed by atoms with Crippen molar-refractivity contribution in [2.75, 3.05) is 61.3 Å². The zero-order valence-corrected chi connectivity index (χ0v) is 31.0. The summed E-state index contributed by atoms with van der Waals surface area (Å²) in [5, 5.41) is 7.50. The van der Waals surface area contributed by atoms with E-state index in [4.69, 9.17) is 44.5 Å². The van der Waals surface area contributed by atoms with E-state index in [1.54, 1.807) is 13.0 Å². The zero-order valence-electron chi connectivity index (χ0n) is 29.3. The van der Waals surface area contributed by atoms with Crippen LogP contribution in [0.15, 0.2) is 42.6 Å². The predicted molar refractivity (Wildman–Crippen MR) is 197 cm³/mol. The molecule has 2 amide bonds. The zero-order chi connectivity index (χ0) is 39.2. The van der Waals surface area contributed by atoms with Crippen LogP contribution in [-0.4, -0.2) is 99.6 Å². The number of nitrogens with zero attached hydrogens (tertiary/aromatic N) is 9. The molecule has 1 aliphatic heterocycles. The number of esters is 1. The van der Waals surface area contributed by atoms with Crippen LogP contribution in [-0.2, 0) is 30.0 Å². The van der Waals surface area contributed by atoms with E-state index in [0.717, 1.165) is 11.6 Å². The Morgan fingerprint density at radius 3 is 2.44 bits per heavy atom. The summed E-state index contributed by atoms with van der Waals surface area (Å²) >= 11 is 7.04. The third-order valence-electron chi connectivity index (χ3n) is 8.13. The highest BCUT2D eigenvalue weighted by atomic mass is 35.5. The number of rotatable bonds is 13. The molecule has 19 nitrogen and oxygen atoms in total. The van der Waals surface area contributed by atoms with E-state index in [9.17, 15) is 23.8 Å². The Hall–Kier alpha value is -5.98. The lowest BCUT2D eigenvalue weighted by Gasteiger charge is -2.39. The second-order valence-electron chi connectivity index (χ2n) is 11.9. The average molecular weight is 780 g/mol. The first kappa shape index (κ1) is 39.2. The monoisotopic (exact) mass is 779 g/mol. The van der Waals surface area contributed by atoms with Crippen molar-refractivity contribution < 1.29 is 37.8 Å². The van der Waals surface area contributed by atoms with Crippen molar-refractivity contribution in [3.05, 3.63) is 76.0 Å². The molecule has 54 heavy (non-hydrogen) atoms. The number of carbonyl (C=O) groups is 3. The molecule has 0 saturated carbocycles. The van der Waals surface area contributed by atoms with Gasteiger partial charge in [0, 0.05) is 45.1 Å². The number of carbonyl (C=O) groups excluding carboxylic acids is 3. The third kappa shape index (κ3) is 9.14. The normalized spacial score (nSPS) is 14.6. The molecule has 0 spiro atoms. The Morgan fingerprint density at radius 1 is 1.13 bits per heavy atom. The number of aromatic nitrogens is 4. The largest absolute Gasteiger partial charge is 0.428 e. The molecule has 21 heteroatoms. The quantitative estimate of drug-likeness (QED) is 0.0737. The molecule has 0 aliphatic carbocycles. The number of piperazine rings is 1. The number of hydrogen-bond acceptors (Lipinski definition) is 13. The van der Waals surface area contributed by atoms with Crippen LogP contribution in [0.4, 0.5) is 39.4 Å². The minimum atomic E-state index is -3.77. The second-order valence-corrected chi connectivity index (χ2v) is 14.0. The summed E-state index contributed by atoms with van der Waals surface area (Å²) in [5.74, 6) is -1.20. The molecule has 282 valence electrons. The van der Waals surface area contributed by atoms with Gasteiger partial charge in [-0.3, -0.25) is 14.5 Å². The number of anilines is 4. The van der Waals surface area contributed by atoms with Gasteiger partial charge in [0.2, 0.25) is 12.7 Å². The summed E-state index contributed by atoms with van der Waals surface area (Å²) in [5.41, 5.74) is 6.67. The van der Waals surface area contributed by atoms with Crippen molar-refractivity contribution in [1.29, 1.82) is 0 Å². The first-order valence-electron chi connectivity index (χ1n) is 16.3. The molecular weight excluding hydrogens is 745 g/mol. The molecule has 2 atom stereocenters. The van der Waals surface area contributed by atoms with Gasteiger partial charge in [-0.05, 0) is 43.7 Å². The molecule has 2 aromatic heterocycles. The van der Waals surface area contributed by atoms with Gasteiger partial charge in [0.25, 0.3) is 17.4 Å². The standard InChI is InChI=1S/C33H35ClN11O8P/c1-6-38-30-31-39-18-26(37-4)45(31)41-32(40-30)44(33(48)52-19-51-27(46)15-21-7-9-23(10-8-21)53-54(5,49)50)25-17-22(36-3)16-24(28(25)34)43-13-11-42(12-14-43)20(2)29(35)47/h7-10,16-18,20H,6,11-15,19H2,1-2,5H3,(H2,35,47)(H,49,50)(H,38,40,41)/t20-/m0/s1. The SMILES string of the molecule is [C-]#[N+]c1cc(N2CCN([C@@H](C)C(N)=O)CC2)c(Cl)c(N(C(=O)OCOC(=O)Cc2ccc(OP(C)(=O)O)cc2)c2nc(NCC)c3ncc([N+]#[C-])n3n2)c1. The van der Waals surface area contributed by atoms with Gasteiger partial charge in [0.1, 0.15) is 5.75 Å². The van der Waals surface area contributed by atoms with Crippen LogP contribution in [0.2, 0.25) is 5.02 Å². The molecule has 1 aliphatic rings. The maximum atomic E-state index is 14.0. The summed E-state index contributed by atoms with van der Waals surface area (Å²) in [4.78, 5) is 68.4. The van der Waals surface area contributed by atoms with Crippen molar-refractivity contribution in [1.82, 2.24) is 24.5 Å². The predicted octanol–water partition coefficient (Wildman–Crippen LogP) is 4.52. The van der Waals surface area contributed by atoms with Crippen LogP contribution in [0.25, 0.3) is 15.3 Å². The highest BCUT2D eigenvalue weighted by molar-refractivity contribution is 7.52.